The molecule has 0 aromatic heterocycles. The van der Waals surface area contributed by atoms with Crippen LogP contribution in [0.2, 0.25) is 0 Å². The number of carboxylic acids is 1. The SMILES string of the molecule is CC/C=C\C/C=C\C/C=C\C/C=C\C/C=C\C/C=C\CCCCCCCCC(=O)OC(COC(=O)CCCCCCCCCCCCCCCCC/C=C\CCCCCCCCCC)COC(OCC[N+](C)(C)C)C(=O)[O-]. The normalized spacial score (nSPS) is 13.3. The van der Waals surface area contributed by atoms with E-state index in [1.807, 2.05) is 21.1 Å². The Labute approximate surface area is 474 Å². The number of hydrogen-bond acceptors (Lipinski definition) is 8. The Morgan fingerprint density at radius 1 is 0.403 bits per heavy atom. The zero-order chi connectivity index (χ0) is 56.2. The van der Waals surface area contributed by atoms with Crippen LogP contribution in [0.5, 0.6) is 0 Å². The highest BCUT2D eigenvalue weighted by molar-refractivity contribution is 5.70. The van der Waals surface area contributed by atoms with Gasteiger partial charge in [-0.05, 0) is 89.9 Å². The van der Waals surface area contributed by atoms with Crippen LogP contribution in [0.1, 0.15) is 271 Å². The fraction of sp³-hybridized carbons (Fsp3) is 0.750. The van der Waals surface area contributed by atoms with E-state index >= 15 is 0 Å². The van der Waals surface area contributed by atoms with Crippen molar-refractivity contribution in [1.82, 2.24) is 0 Å². The van der Waals surface area contributed by atoms with E-state index in [4.69, 9.17) is 18.9 Å². The van der Waals surface area contributed by atoms with Gasteiger partial charge in [-0.3, -0.25) is 9.59 Å². The lowest BCUT2D eigenvalue weighted by atomic mass is 10.0. The third-order valence-corrected chi connectivity index (χ3v) is 13.6. The fourth-order valence-corrected chi connectivity index (χ4v) is 8.77. The van der Waals surface area contributed by atoms with Crippen LogP contribution in [0, 0.1) is 0 Å². The lowest BCUT2D eigenvalue weighted by Crippen LogP contribution is -2.44. The molecule has 0 spiro atoms. The van der Waals surface area contributed by atoms with Gasteiger partial charge in [-0.15, -0.1) is 0 Å². The van der Waals surface area contributed by atoms with Gasteiger partial charge >= 0.3 is 11.9 Å². The Bertz CT molecular complexity index is 1540. The molecule has 0 radical (unpaired) electrons. The summed E-state index contributed by atoms with van der Waals surface area (Å²) in [6.07, 6.45) is 75.0. The monoisotopic (exact) mass is 1080 g/mol. The van der Waals surface area contributed by atoms with E-state index in [0.717, 1.165) is 96.3 Å². The molecule has 444 valence electrons. The second-order valence-electron chi connectivity index (χ2n) is 22.3. The van der Waals surface area contributed by atoms with E-state index in [1.54, 1.807) is 0 Å². The number of carbonyl (C=O) groups is 3. The minimum Gasteiger partial charge on any atom is -0.545 e. The van der Waals surface area contributed by atoms with Gasteiger partial charge in [0.2, 0.25) is 0 Å². The van der Waals surface area contributed by atoms with Crippen LogP contribution in [0.25, 0.3) is 0 Å². The first-order chi connectivity index (χ1) is 37.6. The van der Waals surface area contributed by atoms with E-state index in [1.165, 1.54) is 141 Å². The molecule has 0 saturated heterocycles. The molecule has 0 aliphatic rings. The Kier molecular flexibility index (Phi) is 55.9. The van der Waals surface area contributed by atoms with Crippen molar-refractivity contribution in [3.63, 3.8) is 0 Å². The Morgan fingerprint density at radius 3 is 1.12 bits per heavy atom. The van der Waals surface area contributed by atoms with Crippen molar-refractivity contribution in [3.8, 4) is 0 Å². The molecule has 0 bridgehead atoms. The lowest BCUT2D eigenvalue weighted by Gasteiger charge is -2.26. The molecule has 0 fully saturated rings. The number of carboxylic acid groups (broad SMARTS) is 1. The number of rotatable bonds is 58. The predicted molar refractivity (Wildman–Crippen MR) is 324 cm³/mol. The molecule has 0 aliphatic heterocycles. The van der Waals surface area contributed by atoms with Gasteiger partial charge in [-0.25, -0.2) is 0 Å². The second-order valence-corrected chi connectivity index (χ2v) is 22.3. The number of likely N-dealkylation sites (N-methyl/N-ethyl adjacent to an activating group) is 1. The largest absolute Gasteiger partial charge is 0.545 e. The number of quaternary nitrogens is 1. The molecule has 0 aromatic carbocycles. The number of nitrogens with zero attached hydrogens (tertiary/aromatic N) is 1. The van der Waals surface area contributed by atoms with Gasteiger partial charge in [0.05, 0.1) is 40.3 Å². The summed E-state index contributed by atoms with van der Waals surface area (Å²) in [6.45, 7) is 4.64. The van der Waals surface area contributed by atoms with E-state index in [0.29, 0.717) is 17.4 Å². The number of hydrogen-bond donors (Lipinski definition) is 0. The molecule has 0 N–H and O–H groups in total. The van der Waals surface area contributed by atoms with Crippen LogP contribution in [0.4, 0.5) is 0 Å². The maximum absolute atomic E-state index is 12.9. The maximum Gasteiger partial charge on any atom is 0.306 e. The number of ether oxygens (including phenoxy) is 4. The van der Waals surface area contributed by atoms with Gasteiger partial charge < -0.3 is 33.3 Å². The Balaban J connectivity index is 4.22. The van der Waals surface area contributed by atoms with Crippen molar-refractivity contribution in [2.45, 2.75) is 283 Å². The Hall–Kier alpha value is -3.53. The topological polar surface area (TPSA) is 111 Å². The summed E-state index contributed by atoms with van der Waals surface area (Å²) >= 11 is 0. The van der Waals surface area contributed by atoms with E-state index in [-0.39, 0.29) is 38.6 Å². The number of unbranched alkanes of at least 4 members (excludes halogenated alkanes) is 29. The van der Waals surface area contributed by atoms with Crippen molar-refractivity contribution < 1.29 is 42.9 Å². The molecule has 2 atom stereocenters. The van der Waals surface area contributed by atoms with Gasteiger partial charge in [0.25, 0.3) is 0 Å². The van der Waals surface area contributed by atoms with Gasteiger partial charge in [0.15, 0.2) is 12.4 Å². The molecule has 0 amide bonds. The van der Waals surface area contributed by atoms with Crippen LogP contribution < -0.4 is 5.11 Å². The first-order valence-corrected chi connectivity index (χ1v) is 31.7. The van der Waals surface area contributed by atoms with Crippen molar-refractivity contribution in [1.29, 1.82) is 0 Å². The van der Waals surface area contributed by atoms with E-state index < -0.39 is 24.3 Å². The quantitative estimate of drug-likeness (QED) is 0.0195. The molecular weight excluding hydrogens is 959 g/mol. The van der Waals surface area contributed by atoms with E-state index in [9.17, 15) is 19.5 Å². The van der Waals surface area contributed by atoms with Gasteiger partial charge in [-0.1, -0.05) is 253 Å². The molecule has 0 aliphatic carbocycles. The average molecular weight is 1080 g/mol. The molecule has 2 unspecified atom stereocenters. The average Bonchev–Trinajstić information content (AvgIpc) is 3.40. The highest BCUT2D eigenvalue weighted by Gasteiger charge is 2.22. The third-order valence-electron chi connectivity index (χ3n) is 13.6. The fourth-order valence-electron chi connectivity index (χ4n) is 8.77. The molecule has 0 saturated carbocycles. The van der Waals surface area contributed by atoms with Crippen LogP contribution in [0.15, 0.2) is 85.1 Å². The summed E-state index contributed by atoms with van der Waals surface area (Å²) in [7, 11) is 5.92. The predicted octanol–water partition coefficient (Wildman–Crippen LogP) is 17.8. The molecular formula is C68H119NO8. The summed E-state index contributed by atoms with van der Waals surface area (Å²) in [5, 5.41) is 11.8. The van der Waals surface area contributed by atoms with Crippen LogP contribution in [-0.4, -0.2) is 82.3 Å². The second kappa shape index (κ2) is 58.6. The molecule has 9 heteroatoms. The third kappa shape index (κ3) is 60.0. The molecule has 0 aromatic rings. The lowest BCUT2D eigenvalue weighted by molar-refractivity contribution is -0.870. The summed E-state index contributed by atoms with van der Waals surface area (Å²) in [5.74, 6) is -2.30. The number of carbonyl (C=O) groups excluding carboxylic acids is 3. The Morgan fingerprint density at radius 2 is 0.740 bits per heavy atom. The number of aliphatic carboxylic acids is 1. The first kappa shape index (κ1) is 73.5. The minimum absolute atomic E-state index is 0.141. The van der Waals surface area contributed by atoms with Gasteiger partial charge in [-0.2, -0.15) is 0 Å². The van der Waals surface area contributed by atoms with Crippen LogP contribution in [-0.2, 0) is 33.3 Å². The zero-order valence-corrected chi connectivity index (χ0v) is 50.6. The summed E-state index contributed by atoms with van der Waals surface area (Å²) in [4.78, 5) is 37.4. The van der Waals surface area contributed by atoms with E-state index in [2.05, 4.69) is 98.9 Å². The smallest absolute Gasteiger partial charge is 0.306 e. The standard InChI is InChI=1S/C68H119NO8/c1-6-8-10-12-14-16-18-20-22-24-26-28-30-32-33-35-36-38-40-42-44-46-48-50-52-54-56-58-65(70)75-62-64(63-76-68(67(72)73)74-61-60-69(3,4)5)77-66(71)59-57-55-53-51-49-47-45-43-41-39-37-34-31-29-27-25-23-21-19-17-15-13-11-9-7-2/h9,11,15,17,21,23-24,26-27,29,34,37,41,43,64,68H,6-8,10,12-14,16,18-20,22,25,28,30-33,35-36,38-40,42,44-63H2,1-5H3/b11-9-,17-15-,23-21-,26-24-,29-27-,37-34-,43-41-. The minimum atomic E-state index is -1.63. The number of allylic oxidation sites excluding steroid dienone is 14. The van der Waals surface area contributed by atoms with Crippen LogP contribution in [0.3, 0.4) is 0 Å². The van der Waals surface area contributed by atoms with Gasteiger partial charge in [0.1, 0.15) is 13.2 Å². The summed E-state index contributed by atoms with van der Waals surface area (Å²) in [6, 6.07) is 0. The molecule has 0 rings (SSSR count). The summed E-state index contributed by atoms with van der Waals surface area (Å²) in [5.41, 5.74) is 0. The first-order valence-electron chi connectivity index (χ1n) is 31.7. The zero-order valence-electron chi connectivity index (χ0n) is 50.6. The van der Waals surface area contributed by atoms with Crippen molar-refractivity contribution in [3.05, 3.63) is 85.1 Å². The molecule has 9 nitrogen and oxygen atoms in total. The highest BCUT2D eigenvalue weighted by atomic mass is 16.7. The van der Waals surface area contributed by atoms with Crippen molar-refractivity contribution >= 4 is 17.9 Å². The maximum atomic E-state index is 12.9. The highest BCUT2D eigenvalue weighted by Crippen LogP contribution is 2.16. The molecule has 0 heterocycles. The van der Waals surface area contributed by atoms with Crippen molar-refractivity contribution in [2.24, 2.45) is 0 Å². The van der Waals surface area contributed by atoms with Crippen LogP contribution >= 0.6 is 0 Å². The number of esters is 2. The van der Waals surface area contributed by atoms with Crippen molar-refractivity contribution in [2.75, 3.05) is 47.5 Å². The molecule has 77 heavy (non-hydrogen) atoms. The summed E-state index contributed by atoms with van der Waals surface area (Å²) < 4.78 is 22.7. The van der Waals surface area contributed by atoms with Gasteiger partial charge in [0, 0.05) is 12.8 Å².